The molecule has 0 aliphatic carbocycles. The first-order valence-corrected chi connectivity index (χ1v) is 12.8. The second kappa shape index (κ2) is 18.2. The lowest BCUT2D eigenvalue weighted by atomic mass is 9.98. The van der Waals surface area contributed by atoms with Crippen molar-refractivity contribution in [3.05, 3.63) is 29.6 Å². The molecular formula is C27H50N+. The van der Waals surface area contributed by atoms with Crippen LogP contribution in [0.15, 0.2) is 18.5 Å². The zero-order valence-corrected chi connectivity index (χ0v) is 19.6. The van der Waals surface area contributed by atoms with E-state index in [1.165, 1.54) is 122 Å². The molecule has 1 heteroatoms. The van der Waals surface area contributed by atoms with Crippen molar-refractivity contribution in [2.24, 2.45) is 0 Å². The summed E-state index contributed by atoms with van der Waals surface area (Å²) in [4.78, 5) is 0. The van der Waals surface area contributed by atoms with Crippen LogP contribution in [0, 0.1) is 0 Å². The van der Waals surface area contributed by atoms with Gasteiger partial charge < -0.3 is 0 Å². The highest BCUT2D eigenvalue weighted by Gasteiger charge is 2.09. The largest absolute Gasteiger partial charge is 0.205 e. The van der Waals surface area contributed by atoms with Gasteiger partial charge in [0.25, 0.3) is 0 Å². The molecule has 0 spiro atoms. The van der Waals surface area contributed by atoms with Gasteiger partial charge in [0.15, 0.2) is 12.4 Å². The van der Waals surface area contributed by atoms with Crippen molar-refractivity contribution in [3.8, 4) is 0 Å². The van der Waals surface area contributed by atoms with E-state index in [0.717, 1.165) is 0 Å². The lowest BCUT2D eigenvalue weighted by Gasteiger charge is -2.09. The van der Waals surface area contributed by atoms with Crippen molar-refractivity contribution < 1.29 is 4.57 Å². The SMILES string of the molecule is CCCCCCCCCC[n+]1ccc(CCCCCC)c(CCCCCC)c1. The van der Waals surface area contributed by atoms with E-state index in [-0.39, 0.29) is 0 Å². The zero-order valence-electron chi connectivity index (χ0n) is 19.6. The number of nitrogens with zero attached hydrogens (tertiary/aromatic N) is 1. The van der Waals surface area contributed by atoms with Crippen LogP contribution in [-0.2, 0) is 19.4 Å². The Morgan fingerprint density at radius 1 is 0.536 bits per heavy atom. The van der Waals surface area contributed by atoms with Crippen molar-refractivity contribution in [1.82, 2.24) is 0 Å². The first-order valence-electron chi connectivity index (χ1n) is 12.8. The molecule has 0 N–H and O–H groups in total. The Balaban J connectivity index is 2.42. The van der Waals surface area contributed by atoms with Gasteiger partial charge in [-0.3, -0.25) is 0 Å². The molecule has 0 amide bonds. The monoisotopic (exact) mass is 388 g/mol. The minimum Gasteiger partial charge on any atom is -0.205 e. The summed E-state index contributed by atoms with van der Waals surface area (Å²) in [5.74, 6) is 0. The van der Waals surface area contributed by atoms with Crippen molar-refractivity contribution in [3.63, 3.8) is 0 Å². The highest BCUT2D eigenvalue weighted by atomic mass is 14.9. The van der Waals surface area contributed by atoms with Crippen LogP contribution in [0.1, 0.15) is 135 Å². The lowest BCUT2D eigenvalue weighted by molar-refractivity contribution is -0.697. The van der Waals surface area contributed by atoms with Gasteiger partial charge in [-0.25, -0.2) is 4.57 Å². The van der Waals surface area contributed by atoms with Gasteiger partial charge in [0.2, 0.25) is 0 Å². The Bertz CT molecular complexity index is 465. The van der Waals surface area contributed by atoms with Gasteiger partial charge in [-0.2, -0.15) is 0 Å². The molecule has 0 saturated carbocycles. The molecule has 0 bridgehead atoms. The van der Waals surface area contributed by atoms with Crippen LogP contribution < -0.4 is 4.57 Å². The summed E-state index contributed by atoms with van der Waals surface area (Å²) in [5, 5.41) is 0. The summed E-state index contributed by atoms with van der Waals surface area (Å²) in [7, 11) is 0. The summed E-state index contributed by atoms with van der Waals surface area (Å²) in [5.41, 5.74) is 3.26. The van der Waals surface area contributed by atoms with Crippen LogP contribution in [0.4, 0.5) is 0 Å². The maximum atomic E-state index is 2.49. The number of aryl methyl sites for hydroxylation is 3. The first kappa shape index (κ1) is 25.2. The van der Waals surface area contributed by atoms with Crippen LogP contribution in [0.25, 0.3) is 0 Å². The van der Waals surface area contributed by atoms with Crippen LogP contribution >= 0.6 is 0 Å². The predicted octanol–water partition coefficient (Wildman–Crippen LogP) is 8.36. The van der Waals surface area contributed by atoms with E-state index in [1.54, 1.807) is 11.1 Å². The number of pyridine rings is 1. The standard InChI is InChI=1S/C27H50N/c1-4-7-10-13-14-15-16-19-23-28-24-22-26(20-17-11-8-5-2)27(25-28)21-18-12-9-6-3/h22,24-25H,4-21,23H2,1-3H3/q+1. The fourth-order valence-corrected chi connectivity index (χ4v) is 4.14. The smallest absolute Gasteiger partial charge is 0.172 e. The molecule has 1 rings (SSSR count). The molecule has 0 aromatic carbocycles. The lowest BCUT2D eigenvalue weighted by Crippen LogP contribution is -2.34. The number of unbranched alkanes of at least 4 members (excludes halogenated alkanes) is 13. The normalized spacial score (nSPS) is 11.2. The molecule has 0 fully saturated rings. The van der Waals surface area contributed by atoms with E-state index in [4.69, 9.17) is 0 Å². The Hall–Kier alpha value is -0.850. The molecule has 162 valence electrons. The molecule has 0 atom stereocenters. The average Bonchev–Trinajstić information content (AvgIpc) is 2.71. The first-order chi connectivity index (χ1) is 13.8. The van der Waals surface area contributed by atoms with E-state index in [9.17, 15) is 0 Å². The van der Waals surface area contributed by atoms with E-state index in [2.05, 4.69) is 43.8 Å². The third kappa shape index (κ3) is 12.6. The summed E-state index contributed by atoms with van der Waals surface area (Å²) in [6.07, 6.45) is 29.6. The van der Waals surface area contributed by atoms with Gasteiger partial charge in [0, 0.05) is 18.1 Å². The van der Waals surface area contributed by atoms with Gasteiger partial charge in [0.05, 0.1) is 0 Å². The third-order valence-corrected chi connectivity index (χ3v) is 6.07. The van der Waals surface area contributed by atoms with Gasteiger partial charge in [-0.15, -0.1) is 0 Å². The van der Waals surface area contributed by atoms with E-state index < -0.39 is 0 Å². The Kier molecular flexibility index (Phi) is 16.4. The van der Waals surface area contributed by atoms with Crippen molar-refractivity contribution in [2.75, 3.05) is 0 Å². The minimum absolute atomic E-state index is 1.20. The van der Waals surface area contributed by atoms with Crippen LogP contribution in [0.3, 0.4) is 0 Å². The van der Waals surface area contributed by atoms with Crippen molar-refractivity contribution >= 4 is 0 Å². The van der Waals surface area contributed by atoms with Crippen molar-refractivity contribution in [1.29, 1.82) is 0 Å². The molecule has 28 heavy (non-hydrogen) atoms. The molecule has 0 unspecified atom stereocenters. The quantitative estimate of drug-likeness (QED) is 0.165. The maximum Gasteiger partial charge on any atom is 0.172 e. The van der Waals surface area contributed by atoms with Gasteiger partial charge in [-0.1, -0.05) is 97.8 Å². The maximum absolute atomic E-state index is 2.49. The summed E-state index contributed by atoms with van der Waals surface area (Å²) < 4.78 is 2.47. The topological polar surface area (TPSA) is 3.88 Å². The fraction of sp³-hybridized carbons (Fsp3) is 0.815. The van der Waals surface area contributed by atoms with Gasteiger partial charge in [-0.05, 0) is 37.7 Å². The fourth-order valence-electron chi connectivity index (χ4n) is 4.14. The molecule has 0 radical (unpaired) electrons. The minimum atomic E-state index is 1.20. The molecular weight excluding hydrogens is 338 g/mol. The molecule has 1 nitrogen and oxygen atoms in total. The Morgan fingerprint density at radius 3 is 1.57 bits per heavy atom. The van der Waals surface area contributed by atoms with Crippen molar-refractivity contribution in [2.45, 2.75) is 143 Å². The molecule has 1 heterocycles. The van der Waals surface area contributed by atoms with Gasteiger partial charge >= 0.3 is 0 Å². The third-order valence-electron chi connectivity index (χ3n) is 6.07. The number of hydrogen-bond acceptors (Lipinski definition) is 0. The average molecular weight is 389 g/mol. The Labute approximate surface area is 177 Å². The van der Waals surface area contributed by atoms with Crippen LogP contribution in [0.2, 0.25) is 0 Å². The second-order valence-corrected chi connectivity index (χ2v) is 8.83. The predicted molar refractivity (Wildman–Crippen MR) is 125 cm³/mol. The summed E-state index contributed by atoms with van der Waals surface area (Å²) in [6, 6.07) is 2.44. The van der Waals surface area contributed by atoms with E-state index in [0.29, 0.717) is 0 Å². The molecule has 0 saturated heterocycles. The summed E-state index contributed by atoms with van der Waals surface area (Å²) in [6.45, 7) is 8.11. The number of rotatable bonds is 19. The Morgan fingerprint density at radius 2 is 1.00 bits per heavy atom. The van der Waals surface area contributed by atoms with Gasteiger partial charge in [0.1, 0.15) is 6.54 Å². The van der Waals surface area contributed by atoms with Crippen LogP contribution in [0.5, 0.6) is 0 Å². The molecule has 1 aromatic heterocycles. The highest BCUT2D eigenvalue weighted by molar-refractivity contribution is 5.21. The second-order valence-electron chi connectivity index (χ2n) is 8.83. The molecule has 0 aliphatic heterocycles. The molecule has 0 aliphatic rings. The number of hydrogen-bond donors (Lipinski definition) is 0. The zero-order chi connectivity index (χ0) is 20.3. The number of aromatic nitrogens is 1. The van der Waals surface area contributed by atoms with Crippen LogP contribution in [-0.4, -0.2) is 0 Å². The summed E-state index contributed by atoms with van der Waals surface area (Å²) >= 11 is 0. The molecule has 1 aromatic rings. The van der Waals surface area contributed by atoms with E-state index >= 15 is 0 Å². The highest BCUT2D eigenvalue weighted by Crippen LogP contribution is 2.15. The van der Waals surface area contributed by atoms with E-state index in [1.807, 2.05) is 0 Å².